The molecule has 0 aliphatic carbocycles. The molecule has 2 heterocycles. The lowest BCUT2D eigenvalue weighted by Gasteiger charge is -2.15. The predicted octanol–water partition coefficient (Wildman–Crippen LogP) is 3.53. The third-order valence-electron chi connectivity index (χ3n) is 4.69. The Kier molecular flexibility index (Phi) is 4.42. The minimum absolute atomic E-state index is 0.0673. The summed E-state index contributed by atoms with van der Waals surface area (Å²) in [6.07, 6.45) is 0.130. The zero-order valence-electron chi connectivity index (χ0n) is 14.5. The second-order valence-electron chi connectivity index (χ2n) is 6.57. The first-order valence-electron chi connectivity index (χ1n) is 8.69. The molecule has 136 valence electrons. The highest BCUT2D eigenvalue weighted by Crippen LogP contribution is 2.35. The Balaban J connectivity index is 1.46. The number of nitrogens with one attached hydrogen (secondary N) is 1. The van der Waals surface area contributed by atoms with Crippen LogP contribution in [0.1, 0.15) is 12.0 Å². The van der Waals surface area contributed by atoms with Crippen LogP contribution in [0.25, 0.3) is 10.9 Å². The molecule has 1 aliphatic heterocycles. The van der Waals surface area contributed by atoms with E-state index in [2.05, 4.69) is 15.2 Å². The number of azo groups is 1. The lowest BCUT2D eigenvalue weighted by atomic mass is 10.1. The quantitative estimate of drug-likeness (QED) is 0.695. The number of fused-ring (bicyclic) bond motifs is 1. The minimum atomic E-state index is -0.516. The normalized spacial score (nSPS) is 17.3. The summed E-state index contributed by atoms with van der Waals surface area (Å²) in [5.41, 5.74) is 1.95. The van der Waals surface area contributed by atoms with Gasteiger partial charge in [-0.25, -0.2) is 0 Å². The molecule has 0 saturated carbocycles. The smallest absolute Gasteiger partial charge is 0.270 e. The second kappa shape index (κ2) is 7.03. The van der Waals surface area contributed by atoms with Gasteiger partial charge < -0.3 is 15.0 Å². The summed E-state index contributed by atoms with van der Waals surface area (Å²) >= 11 is 0. The monoisotopic (exact) mass is 362 g/mol. The number of benzene rings is 2. The molecule has 7 nitrogen and oxygen atoms in total. The van der Waals surface area contributed by atoms with Gasteiger partial charge in [0.05, 0.1) is 11.4 Å². The summed E-state index contributed by atoms with van der Waals surface area (Å²) in [5, 5.41) is 18.4. The van der Waals surface area contributed by atoms with Crippen molar-refractivity contribution in [2.75, 3.05) is 6.54 Å². The Labute approximate surface area is 155 Å². The highest BCUT2D eigenvalue weighted by atomic mass is 16.3. The standard InChI is InChI=1S/C20H18N4O3/c25-17-10-14(12-24(17)11-13-6-2-1-3-7-13)19(26)23-22-18-15-8-4-5-9-16(15)21-20(18)27/h1-9,14,21,27H,10-12H2. The number of aromatic nitrogens is 1. The molecule has 0 radical (unpaired) electrons. The maximum absolute atomic E-state index is 12.4. The fourth-order valence-corrected chi connectivity index (χ4v) is 3.29. The number of aromatic amines is 1. The van der Waals surface area contributed by atoms with E-state index in [9.17, 15) is 14.7 Å². The molecule has 4 rings (SSSR count). The topological polar surface area (TPSA) is 98.1 Å². The molecule has 1 saturated heterocycles. The number of likely N-dealkylation sites (tertiary alicyclic amines) is 1. The molecular formula is C20H18N4O3. The van der Waals surface area contributed by atoms with Gasteiger partial charge in [-0.1, -0.05) is 48.5 Å². The van der Waals surface area contributed by atoms with Crippen LogP contribution in [-0.2, 0) is 16.1 Å². The summed E-state index contributed by atoms with van der Waals surface area (Å²) in [4.78, 5) is 29.1. The number of hydrogen-bond donors (Lipinski definition) is 2. The highest BCUT2D eigenvalue weighted by Gasteiger charge is 2.34. The van der Waals surface area contributed by atoms with Gasteiger partial charge in [-0.3, -0.25) is 9.59 Å². The number of carbonyl (C=O) groups is 2. The van der Waals surface area contributed by atoms with Crippen LogP contribution < -0.4 is 0 Å². The molecule has 1 fully saturated rings. The van der Waals surface area contributed by atoms with Crippen LogP contribution in [0.5, 0.6) is 5.88 Å². The number of amides is 2. The fourth-order valence-electron chi connectivity index (χ4n) is 3.29. The molecule has 0 bridgehead atoms. The van der Waals surface area contributed by atoms with E-state index in [0.29, 0.717) is 24.0 Å². The molecular weight excluding hydrogens is 344 g/mol. The molecule has 2 aromatic carbocycles. The SMILES string of the molecule is O=C(N=Nc1c(O)[nH]c2ccccc12)C1CC(=O)N(Cc2ccccc2)C1. The highest BCUT2D eigenvalue weighted by molar-refractivity contribution is 5.94. The number of aromatic hydroxyl groups is 1. The van der Waals surface area contributed by atoms with Crippen molar-refractivity contribution in [2.45, 2.75) is 13.0 Å². The zero-order chi connectivity index (χ0) is 18.8. The lowest BCUT2D eigenvalue weighted by molar-refractivity contribution is -0.128. The van der Waals surface area contributed by atoms with E-state index in [1.165, 1.54) is 0 Å². The third-order valence-corrected chi connectivity index (χ3v) is 4.69. The van der Waals surface area contributed by atoms with Crippen LogP contribution in [0.15, 0.2) is 64.8 Å². The van der Waals surface area contributed by atoms with Gasteiger partial charge in [0, 0.05) is 24.9 Å². The van der Waals surface area contributed by atoms with Gasteiger partial charge in [-0.15, -0.1) is 10.2 Å². The van der Waals surface area contributed by atoms with Crippen LogP contribution in [0.2, 0.25) is 0 Å². The average Bonchev–Trinajstić information content (AvgIpc) is 3.20. The van der Waals surface area contributed by atoms with Crippen molar-refractivity contribution in [3.05, 3.63) is 60.2 Å². The van der Waals surface area contributed by atoms with E-state index >= 15 is 0 Å². The van der Waals surface area contributed by atoms with Crippen LogP contribution in [0.3, 0.4) is 0 Å². The van der Waals surface area contributed by atoms with Gasteiger partial charge in [-0.2, -0.15) is 0 Å². The van der Waals surface area contributed by atoms with Crippen molar-refractivity contribution in [3.63, 3.8) is 0 Å². The first kappa shape index (κ1) is 17.0. The molecule has 3 aromatic rings. The summed E-state index contributed by atoms with van der Waals surface area (Å²) < 4.78 is 0. The van der Waals surface area contributed by atoms with Gasteiger partial charge >= 0.3 is 0 Å². The zero-order valence-corrected chi connectivity index (χ0v) is 14.5. The largest absolute Gasteiger partial charge is 0.493 e. The first-order valence-corrected chi connectivity index (χ1v) is 8.69. The van der Waals surface area contributed by atoms with Gasteiger partial charge in [0.2, 0.25) is 11.8 Å². The summed E-state index contributed by atoms with van der Waals surface area (Å²) in [6, 6.07) is 16.9. The summed E-state index contributed by atoms with van der Waals surface area (Å²) in [7, 11) is 0. The van der Waals surface area contributed by atoms with Gasteiger partial charge in [0.15, 0.2) is 5.69 Å². The van der Waals surface area contributed by atoms with E-state index in [-0.39, 0.29) is 23.9 Å². The second-order valence-corrected chi connectivity index (χ2v) is 6.57. The average molecular weight is 362 g/mol. The van der Waals surface area contributed by atoms with Crippen molar-refractivity contribution in [1.82, 2.24) is 9.88 Å². The van der Waals surface area contributed by atoms with Crippen LogP contribution in [-0.4, -0.2) is 33.3 Å². The number of para-hydroxylation sites is 1. The Morgan fingerprint density at radius 1 is 1.15 bits per heavy atom. The molecule has 2 amide bonds. The molecule has 2 N–H and O–H groups in total. The van der Waals surface area contributed by atoms with Crippen molar-refractivity contribution >= 4 is 28.4 Å². The number of rotatable bonds is 4. The Bertz CT molecular complexity index is 1030. The van der Waals surface area contributed by atoms with Gasteiger partial charge in [0.25, 0.3) is 5.91 Å². The lowest BCUT2D eigenvalue weighted by Crippen LogP contribution is -2.25. The molecule has 7 heteroatoms. The fraction of sp³-hybridized carbons (Fsp3) is 0.200. The molecule has 1 aliphatic rings. The number of carbonyl (C=O) groups excluding carboxylic acids is 2. The molecule has 1 unspecified atom stereocenters. The van der Waals surface area contributed by atoms with Gasteiger partial charge in [0.1, 0.15) is 0 Å². The number of H-pyrrole nitrogens is 1. The van der Waals surface area contributed by atoms with Crippen molar-refractivity contribution in [2.24, 2.45) is 16.1 Å². The van der Waals surface area contributed by atoms with Crippen LogP contribution >= 0.6 is 0 Å². The summed E-state index contributed by atoms with van der Waals surface area (Å²) in [6.45, 7) is 0.801. The van der Waals surface area contributed by atoms with E-state index < -0.39 is 11.8 Å². The maximum atomic E-state index is 12.4. The minimum Gasteiger partial charge on any atom is -0.493 e. The maximum Gasteiger partial charge on any atom is 0.270 e. The molecule has 0 spiro atoms. The van der Waals surface area contributed by atoms with E-state index in [4.69, 9.17) is 0 Å². The van der Waals surface area contributed by atoms with Crippen molar-refractivity contribution in [3.8, 4) is 5.88 Å². The summed E-state index contributed by atoms with van der Waals surface area (Å²) in [5.74, 6) is -1.18. The molecule has 1 atom stereocenters. The van der Waals surface area contributed by atoms with Gasteiger partial charge in [-0.05, 0) is 11.6 Å². The van der Waals surface area contributed by atoms with Crippen LogP contribution in [0.4, 0.5) is 5.69 Å². The predicted molar refractivity (Wildman–Crippen MR) is 99.5 cm³/mol. The molecule has 27 heavy (non-hydrogen) atoms. The first-order chi connectivity index (χ1) is 13.1. The van der Waals surface area contributed by atoms with Crippen LogP contribution in [0, 0.1) is 5.92 Å². The van der Waals surface area contributed by atoms with E-state index in [1.54, 1.807) is 17.0 Å². The Morgan fingerprint density at radius 2 is 1.89 bits per heavy atom. The number of nitrogens with zero attached hydrogens (tertiary/aromatic N) is 3. The number of hydrogen-bond acceptors (Lipinski definition) is 4. The Morgan fingerprint density at radius 3 is 2.70 bits per heavy atom. The van der Waals surface area contributed by atoms with E-state index in [1.807, 2.05) is 42.5 Å². The third kappa shape index (κ3) is 3.44. The van der Waals surface area contributed by atoms with Crippen molar-refractivity contribution in [1.29, 1.82) is 0 Å². The van der Waals surface area contributed by atoms with E-state index in [0.717, 1.165) is 5.56 Å². The molecule has 1 aromatic heterocycles. The van der Waals surface area contributed by atoms with Crippen molar-refractivity contribution < 1.29 is 14.7 Å². The Hall–Kier alpha value is -3.48.